The second-order valence-corrected chi connectivity index (χ2v) is 8.95. The number of likely N-dealkylation sites (tertiary alicyclic amines) is 1. The van der Waals surface area contributed by atoms with Gasteiger partial charge in [-0.3, -0.25) is 4.90 Å². The van der Waals surface area contributed by atoms with Gasteiger partial charge in [-0.1, -0.05) is 116 Å². The minimum absolute atomic E-state index is 0.153. The second-order valence-electron chi connectivity index (χ2n) is 8.95. The quantitative estimate of drug-likeness (QED) is 0.302. The van der Waals surface area contributed by atoms with Crippen LogP contribution in [-0.2, 0) is 11.4 Å². The van der Waals surface area contributed by atoms with Crippen molar-refractivity contribution in [2.24, 2.45) is 10.6 Å². The summed E-state index contributed by atoms with van der Waals surface area (Å²) in [5.74, 6) is 0. The van der Waals surface area contributed by atoms with Crippen molar-refractivity contribution in [3.63, 3.8) is 0 Å². The van der Waals surface area contributed by atoms with Gasteiger partial charge in [-0.25, -0.2) is 0 Å². The topological polar surface area (TPSA) is 24.8 Å². The highest BCUT2D eigenvalue weighted by Gasteiger charge is 2.47. The molecule has 2 unspecified atom stereocenters. The minimum atomic E-state index is -0.202. The Morgan fingerprint density at radius 3 is 2.06 bits per heavy atom. The molecule has 3 aromatic carbocycles. The molecule has 0 aliphatic carbocycles. The maximum Gasteiger partial charge on any atom is 0.142 e. The number of hydrogen-bond acceptors (Lipinski definition) is 3. The van der Waals surface area contributed by atoms with Crippen molar-refractivity contribution in [3.05, 3.63) is 120 Å². The van der Waals surface area contributed by atoms with Crippen LogP contribution in [0.15, 0.2) is 109 Å². The molecule has 0 amide bonds. The summed E-state index contributed by atoms with van der Waals surface area (Å²) in [5.41, 5.74) is 4.60. The van der Waals surface area contributed by atoms with Crippen LogP contribution in [0.3, 0.4) is 0 Å². The summed E-state index contributed by atoms with van der Waals surface area (Å²) >= 11 is 0. The van der Waals surface area contributed by atoms with Gasteiger partial charge < -0.3 is 4.84 Å². The summed E-state index contributed by atoms with van der Waals surface area (Å²) < 4.78 is 0. The van der Waals surface area contributed by atoms with Crippen LogP contribution in [0, 0.1) is 5.41 Å². The maximum atomic E-state index is 5.91. The largest absolute Gasteiger partial charge is 0.391 e. The molecule has 1 fully saturated rings. The van der Waals surface area contributed by atoms with Crippen molar-refractivity contribution in [3.8, 4) is 0 Å². The van der Waals surface area contributed by atoms with E-state index in [0.29, 0.717) is 6.61 Å². The molecule has 0 aromatic heterocycles. The molecule has 1 aliphatic rings. The van der Waals surface area contributed by atoms with Crippen LogP contribution in [0.1, 0.15) is 49.0 Å². The Morgan fingerprint density at radius 2 is 1.47 bits per heavy atom. The first-order chi connectivity index (χ1) is 15.6. The fraction of sp³-hybridized carbons (Fsp3) is 0.276. The number of piperidine rings is 1. The molecule has 1 heterocycles. The van der Waals surface area contributed by atoms with E-state index in [2.05, 4.69) is 98.1 Å². The Balaban J connectivity index is 1.73. The molecule has 0 bridgehead atoms. The second kappa shape index (κ2) is 9.97. The molecule has 164 valence electrons. The third kappa shape index (κ3) is 4.68. The summed E-state index contributed by atoms with van der Waals surface area (Å²) in [6.07, 6.45) is 2.83. The fourth-order valence-corrected chi connectivity index (χ4v) is 4.84. The van der Waals surface area contributed by atoms with Gasteiger partial charge in [0, 0.05) is 30.5 Å². The van der Waals surface area contributed by atoms with E-state index in [1.54, 1.807) is 0 Å². The summed E-state index contributed by atoms with van der Waals surface area (Å²) in [6, 6.07) is 32.0. The first-order valence-corrected chi connectivity index (χ1v) is 11.3. The number of oxime groups is 1. The lowest BCUT2D eigenvalue weighted by Crippen LogP contribution is -2.50. The van der Waals surface area contributed by atoms with Gasteiger partial charge in [0.25, 0.3) is 0 Å². The van der Waals surface area contributed by atoms with Crippen molar-refractivity contribution in [2.75, 3.05) is 6.54 Å². The van der Waals surface area contributed by atoms with Gasteiger partial charge in [0.05, 0.1) is 5.71 Å². The minimum Gasteiger partial charge on any atom is -0.391 e. The summed E-state index contributed by atoms with van der Waals surface area (Å²) in [4.78, 5) is 8.47. The number of hydrogen-bond donors (Lipinski definition) is 0. The molecule has 32 heavy (non-hydrogen) atoms. The van der Waals surface area contributed by atoms with Gasteiger partial charge in [-0.15, -0.1) is 6.58 Å². The van der Waals surface area contributed by atoms with Crippen LogP contribution in [0.4, 0.5) is 0 Å². The predicted molar refractivity (Wildman–Crippen MR) is 132 cm³/mol. The predicted octanol–water partition coefficient (Wildman–Crippen LogP) is 6.96. The van der Waals surface area contributed by atoms with Gasteiger partial charge in [0.15, 0.2) is 0 Å². The van der Waals surface area contributed by atoms with E-state index in [1.165, 1.54) is 11.1 Å². The third-order valence-corrected chi connectivity index (χ3v) is 6.43. The molecular formula is C29H32N2O. The van der Waals surface area contributed by atoms with Crippen LogP contribution < -0.4 is 0 Å². The number of benzene rings is 3. The lowest BCUT2D eigenvalue weighted by atomic mass is 9.69. The summed E-state index contributed by atoms with van der Waals surface area (Å²) in [7, 11) is 0. The molecule has 3 aromatic rings. The lowest BCUT2D eigenvalue weighted by Gasteiger charge is -2.51. The van der Waals surface area contributed by atoms with Crippen LogP contribution in [-0.4, -0.2) is 17.2 Å². The molecule has 4 rings (SSSR count). The van der Waals surface area contributed by atoms with E-state index in [0.717, 1.165) is 24.2 Å². The summed E-state index contributed by atoms with van der Waals surface area (Å²) in [5, 5.41) is 4.74. The van der Waals surface area contributed by atoms with E-state index in [4.69, 9.17) is 9.99 Å². The molecule has 1 saturated heterocycles. The van der Waals surface area contributed by atoms with E-state index in [-0.39, 0.29) is 17.5 Å². The first kappa shape index (κ1) is 22.0. The molecule has 3 heteroatoms. The fourth-order valence-electron chi connectivity index (χ4n) is 4.84. The number of rotatable bonds is 7. The number of nitrogens with zero attached hydrogens (tertiary/aromatic N) is 2. The zero-order chi connectivity index (χ0) is 22.4. The highest BCUT2D eigenvalue weighted by atomic mass is 16.6. The highest BCUT2D eigenvalue weighted by molar-refractivity contribution is 5.91. The first-order valence-electron chi connectivity index (χ1n) is 11.3. The van der Waals surface area contributed by atoms with E-state index in [1.807, 2.05) is 24.3 Å². The van der Waals surface area contributed by atoms with Crippen molar-refractivity contribution >= 4 is 5.71 Å². The molecule has 0 radical (unpaired) electrons. The Morgan fingerprint density at radius 1 is 0.906 bits per heavy atom. The molecule has 0 spiro atoms. The Kier molecular flexibility index (Phi) is 6.87. The monoisotopic (exact) mass is 424 g/mol. The SMILES string of the molecule is C=CCN1C(c2ccccc2)C/C(=N\OCc2ccccc2)C(C)(C)C1c1ccccc1. The average molecular weight is 425 g/mol. The van der Waals surface area contributed by atoms with Gasteiger partial charge in [0.1, 0.15) is 6.61 Å². The van der Waals surface area contributed by atoms with Crippen molar-refractivity contribution in [1.29, 1.82) is 0 Å². The van der Waals surface area contributed by atoms with Gasteiger partial charge in [-0.2, -0.15) is 0 Å². The van der Waals surface area contributed by atoms with Gasteiger partial charge in [-0.05, 0) is 16.7 Å². The molecule has 1 aliphatic heterocycles. The van der Waals surface area contributed by atoms with E-state index < -0.39 is 0 Å². The zero-order valence-electron chi connectivity index (χ0n) is 19.0. The van der Waals surface area contributed by atoms with Crippen LogP contribution >= 0.6 is 0 Å². The van der Waals surface area contributed by atoms with Crippen LogP contribution in [0.2, 0.25) is 0 Å². The van der Waals surface area contributed by atoms with Crippen molar-refractivity contribution in [1.82, 2.24) is 4.90 Å². The van der Waals surface area contributed by atoms with Crippen LogP contribution in [0.5, 0.6) is 0 Å². The summed E-state index contributed by atoms with van der Waals surface area (Å²) in [6.45, 7) is 9.91. The lowest BCUT2D eigenvalue weighted by molar-refractivity contribution is 0.0593. The molecule has 0 saturated carbocycles. The molecule has 0 N–H and O–H groups in total. The third-order valence-electron chi connectivity index (χ3n) is 6.43. The Labute approximate surface area is 192 Å². The van der Waals surface area contributed by atoms with Crippen molar-refractivity contribution < 1.29 is 4.84 Å². The average Bonchev–Trinajstić information content (AvgIpc) is 2.82. The molecule has 3 nitrogen and oxygen atoms in total. The zero-order valence-corrected chi connectivity index (χ0v) is 19.0. The molecule has 2 atom stereocenters. The highest BCUT2D eigenvalue weighted by Crippen LogP contribution is 2.50. The normalized spacial score (nSPS) is 21.9. The molecular weight excluding hydrogens is 392 g/mol. The van der Waals surface area contributed by atoms with Crippen LogP contribution in [0.25, 0.3) is 0 Å². The van der Waals surface area contributed by atoms with Crippen molar-refractivity contribution in [2.45, 2.75) is 39.0 Å². The van der Waals surface area contributed by atoms with Gasteiger partial charge in [0.2, 0.25) is 0 Å². The smallest absolute Gasteiger partial charge is 0.142 e. The maximum absolute atomic E-state index is 5.91. The Hall–Kier alpha value is -3.17. The van der Waals surface area contributed by atoms with Gasteiger partial charge >= 0.3 is 0 Å². The van der Waals surface area contributed by atoms with E-state index >= 15 is 0 Å². The standard InChI is InChI=1S/C29H32N2O/c1-4-20-31-26(24-16-10-6-11-17-24)21-27(30-32-22-23-14-8-5-9-15-23)29(2,3)28(31)25-18-12-7-13-19-25/h4-19,26,28H,1,20-22H2,2-3H3/b30-27+. The Bertz CT molecular complexity index is 1030. The van der Waals surface area contributed by atoms with E-state index in [9.17, 15) is 0 Å².